The van der Waals surface area contributed by atoms with Crippen molar-refractivity contribution in [2.45, 2.75) is 19.1 Å². The van der Waals surface area contributed by atoms with Crippen LogP contribution in [0.5, 0.6) is 5.75 Å². The van der Waals surface area contributed by atoms with Gasteiger partial charge in [0, 0.05) is 0 Å². The van der Waals surface area contributed by atoms with Crippen LogP contribution in [0.25, 0.3) is 0 Å². The third-order valence-electron chi connectivity index (χ3n) is 3.34. The summed E-state index contributed by atoms with van der Waals surface area (Å²) in [5, 5.41) is 5.04. The van der Waals surface area contributed by atoms with Crippen LogP contribution in [-0.4, -0.2) is 14.2 Å². The van der Waals surface area contributed by atoms with Crippen LogP contribution in [0.2, 0.25) is 0 Å². The number of aryl methyl sites for hydroxylation is 1. The number of benzene rings is 1. The van der Waals surface area contributed by atoms with Gasteiger partial charge in [-0.05, 0) is 48.7 Å². The Morgan fingerprint density at radius 1 is 1.24 bits per heavy atom. The highest BCUT2D eigenvalue weighted by Crippen LogP contribution is 2.37. The van der Waals surface area contributed by atoms with Crippen LogP contribution < -0.4 is 10.1 Å². The molecule has 114 valence electrons. The average molecular weight is 315 g/mol. The van der Waals surface area contributed by atoms with Crippen molar-refractivity contribution >= 4 is 11.3 Å². The zero-order chi connectivity index (χ0) is 15.6. The van der Waals surface area contributed by atoms with Crippen LogP contribution in [0, 0.1) is 6.92 Å². The summed E-state index contributed by atoms with van der Waals surface area (Å²) in [5.41, 5.74) is 0.780. The minimum Gasteiger partial charge on any atom is -0.496 e. The zero-order valence-corrected chi connectivity index (χ0v) is 12.7. The molecule has 0 saturated carbocycles. The Labute approximate surface area is 125 Å². The first-order valence-electron chi connectivity index (χ1n) is 6.35. The lowest BCUT2D eigenvalue weighted by atomic mass is 9.97. The molecule has 2 rings (SSSR count). The number of hydrogen-bond acceptors (Lipinski definition) is 3. The van der Waals surface area contributed by atoms with Gasteiger partial charge in [-0.1, -0.05) is 6.07 Å². The third kappa shape index (κ3) is 3.22. The van der Waals surface area contributed by atoms with Crippen molar-refractivity contribution in [1.82, 2.24) is 5.32 Å². The summed E-state index contributed by atoms with van der Waals surface area (Å²) in [6.45, 7) is 1.69. The van der Waals surface area contributed by atoms with Gasteiger partial charge < -0.3 is 10.1 Å². The standard InChI is InChI=1S/C15H16F3NOS/c1-9-8-10(15(16,17)18)4-5-11(9)13(19-2)14-12(20-3)6-7-21-14/h4-8,13,19H,1-3H3. The Bertz CT molecular complexity index is 622. The second-order valence-corrected chi connectivity index (χ2v) is 5.59. The summed E-state index contributed by atoms with van der Waals surface area (Å²) in [6.07, 6.45) is -4.32. The molecule has 1 aromatic heterocycles. The molecule has 1 heterocycles. The average Bonchev–Trinajstić information content (AvgIpc) is 2.88. The molecule has 21 heavy (non-hydrogen) atoms. The van der Waals surface area contributed by atoms with Gasteiger partial charge in [-0.25, -0.2) is 0 Å². The minimum absolute atomic E-state index is 0.192. The van der Waals surface area contributed by atoms with Crippen LogP contribution in [0.4, 0.5) is 13.2 Å². The molecule has 2 aromatic rings. The lowest BCUT2D eigenvalue weighted by Crippen LogP contribution is -2.18. The largest absolute Gasteiger partial charge is 0.496 e. The van der Waals surface area contributed by atoms with E-state index in [4.69, 9.17) is 4.74 Å². The molecule has 0 amide bonds. The van der Waals surface area contributed by atoms with Gasteiger partial charge in [-0.15, -0.1) is 11.3 Å². The van der Waals surface area contributed by atoms with Crippen molar-refractivity contribution in [3.05, 3.63) is 51.2 Å². The number of halogens is 3. The lowest BCUT2D eigenvalue weighted by Gasteiger charge is -2.20. The summed E-state index contributed by atoms with van der Waals surface area (Å²) in [4.78, 5) is 0.947. The van der Waals surface area contributed by atoms with Crippen LogP contribution >= 0.6 is 11.3 Å². The number of methoxy groups -OCH3 is 1. The van der Waals surface area contributed by atoms with E-state index < -0.39 is 11.7 Å². The third-order valence-corrected chi connectivity index (χ3v) is 4.30. The van der Waals surface area contributed by atoms with E-state index in [9.17, 15) is 13.2 Å². The van der Waals surface area contributed by atoms with Gasteiger partial charge >= 0.3 is 6.18 Å². The van der Waals surface area contributed by atoms with E-state index in [0.717, 1.165) is 22.3 Å². The molecule has 0 bridgehead atoms. The van der Waals surface area contributed by atoms with Gasteiger partial charge in [0.25, 0.3) is 0 Å². The second-order valence-electron chi connectivity index (χ2n) is 4.64. The molecule has 0 radical (unpaired) electrons. The Hall–Kier alpha value is -1.53. The molecule has 0 aliphatic carbocycles. The number of nitrogens with one attached hydrogen (secondary N) is 1. The fraction of sp³-hybridized carbons (Fsp3) is 0.333. The molecule has 1 unspecified atom stereocenters. The number of ether oxygens (including phenoxy) is 1. The Morgan fingerprint density at radius 3 is 2.48 bits per heavy atom. The highest BCUT2D eigenvalue weighted by molar-refractivity contribution is 7.10. The molecule has 6 heteroatoms. The highest BCUT2D eigenvalue weighted by Gasteiger charge is 2.31. The Balaban J connectivity index is 2.44. The maximum Gasteiger partial charge on any atom is 0.416 e. The molecule has 0 fully saturated rings. The highest BCUT2D eigenvalue weighted by atomic mass is 32.1. The van der Waals surface area contributed by atoms with Crippen molar-refractivity contribution in [3.63, 3.8) is 0 Å². The molecule has 1 aromatic carbocycles. The molecular formula is C15H16F3NOS. The molecule has 1 N–H and O–H groups in total. The van der Waals surface area contributed by atoms with Crippen LogP contribution in [0.15, 0.2) is 29.6 Å². The van der Waals surface area contributed by atoms with Crippen molar-refractivity contribution in [2.75, 3.05) is 14.2 Å². The van der Waals surface area contributed by atoms with Gasteiger partial charge in [0.15, 0.2) is 0 Å². The Morgan fingerprint density at radius 2 is 1.95 bits per heavy atom. The monoisotopic (exact) mass is 315 g/mol. The normalized spacial score (nSPS) is 13.2. The molecule has 0 aliphatic heterocycles. The van der Waals surface area contributed by atoms with E-state index in [2.05, 4.69) is 5.32 Å². The quantitative estimate of drug-likeness (QED) is 0.903. The van der Waals surface area contributed by atoms with E-state index in [1.54, 1.807) is 21.1 Å². The van der Waals surface area contributed by atoms with Gasteiger partial charge in [-0.2, -0.15) is 13.2 Å². The second kappa shape index (κ2) is 6.07. The van der Waals surface area contributed by atoms with Crippen LogP contribution in [-0.2, 0) is 6.18 Å². The summed E-state index contributed by atoms with van der Waals surface area (Å²) < 4.78 is 43.5. The first-order valence-corrected chi connectivity index (χ1v) is 7.22. The lowest BCUT2D eigenvalue weighted by molar-refractivity contribution is -0.137. The maximum atomic E-state index is 12.7. The zero-order valence-electron chi connectivity index (χ0n) is 11.9. The minimum atomic E-state index is -4.32. The van der Waals surface area contributed by atoms with Crippen LogP contribution in [0.3, 0.4) is 0 Å². The van der Waals surface area contributed by atoms with E-state index >= 15 is 0 Å². The molecule has 2 nitrogen and oxygen atoms in total. The first kappa shape index (κ1) is 15.9. The molecule has 0 aliphatic rings. The number of rotatable bonds is 4. The number of hydrogen-bond donors (Lipinski definition) is 1. The summed E-state index contributed by atoms with van der Waals surface area (Å²) in [6, 6.07) is 5.48. The summed E-state index contributed by atoms with van der Waals surface area (Å²) in [5.74, 6) is 0.735. The van der Waals surface area contributed by atoms with E-state index in [-0.39, 0.29) is 6.04 Å². The van der Waals surface area contributed by atoms with Gasteiger partial charge in [0.1, 0.15) is 5.75 Å². The van der Waals surface area contributed by atoms with Gasteiger partial charge in [0.2, 0.25) is 0 Å². The predicted molar refractivity (Wildman–Crippen MR) is 78.0 cm³/mol. The number of thiophene rings is 1. The fourth-order valence-corrected chi connectivity index (χ4v) is 3.28. The maximum absolute atomic E-state index is 12.7. The smallest absolute Gasteiger partial charge is 0.416 e. The van der Waals surface area contributed by atoms with Gasteiger partial charge in [0.05, 0.1) is 23.6 Å². The SMILES string of the molecule is CNC(c1ccc(C(F)(F)F)cc1C)c1sccc1OC. The summed E-state index contributed by atoms with van der Waals surface area (Å²) >= 11 is 1.51. The van der Waals surface area contributed by atoms with E-state index in [1.165, 1.54) is 23.5 Å². The van der Waals surface area contributed by atoms with E-state index in [0.29, 0.717) is 5.56 Å². The summed E-state index contributed by atoms with van der Waals surface area (Å²) in [7, 11) is 3.36. The van der Waals surface area contributed by atoms with Crippen LogP contribution in [0.1, 0.15) is 27.6 Å². The van der Waals surface area contributed by atoms with Crippen molar-refractivity contribution in [3.8, 4) is 5.75 Å². The fourth-order valence-electron chi connectivity index (χ4n) is 2.29. The van der Waals surface area contributed by atoms with Crippen molar-refractivity contribution in [2.24, 2.45) is 0 Å². The molecule has 1 atom stereocenters. The molecule has 0 spiro atoms. The Kier molecular flexibility index (Phi) is 4.58. The molecular weight excluding hydrogens is 299 g/mol. The van der Waals surface area contributed by atoms with E-state index in [1.807, 2.05) is 11.4 Å². The predicted octanol–water partition coefficient (Wildman–Crippen LogP) is 4.39. The number of alkyl halides is 3. The molecule has 0 saturated heterocycles. The topological polar surface area (TPSA) is 21.3 Å². The van der Waals surface area contributed by atoms with Gasteiger partial charge in [-0.3, -0.25) is 0 Å². The van der Waals surface area contributed by atoms with Crippen molar-refractivity contribution in [1.29, 1.82) is 0 Å². The van der Waals surface area contributed by atoms with Crippen molar-refractivity contribution < 1.29 is 17.9 Å². The first-order chi connectivity index (χ1) is 9.88.